The van der Waals surface area contributed by atoms with Crippen LogP contribution in [0.15, 0.2) is 47.2 Å². The highest BCUT2D eigenvalue weighted by Crippen LogP contribution is 2.42. The predicted octanol–water partition coefficient (Wildman–Crippen LogP) is 4.13. The van der Waals surface area contributed by atoms with E-state index in [0.29, 0.717) is 12.8 Å². The van der Waals surface area contributed by atoms with Gasteiger partial charge in [-0.05, 0) is 65.7 Å². The van der Waals surface area contributed by atoms with Gasteiger partial charge in [-0.25, -0.2) is 13.4 Å². The molecule has 0 bridgehead atoms. The second kappa shape index (κ2) is 7.90. The van der Waals surface area contributed by atoms with Crippen LogP contribution in [0.1, 0.15) is 45.5 Å². The fourth-order valence-electron chi connectivity index (χ4n) is 4.68. The second-order valence-corrected chi connectivity index (χ2v) is 11.8. The van der Waals surface area contributed by atoms with Gasteiger partial charge in [-0.1, -0.05) is 18.7 Å². The van der Waals surface area contributed by atoms with E-state index in [2.05, 4.69) is 16.9 Å². The van der Waals surface area contributed by atoms with Crippen molar-refractivity contribution in [1.82, 2.24) is 14.6 Å². The SMILES string of the molecule is C=CC(=O)NC1CC(C)(C)N(S(=O)(=O)c2ccc(-c3csc(C)n3)cc2)C(C)(C)C1. The molecule has 1 aromatic heterocycles. The Hall–Kier alpha value is -2.03. The summed E-state index contributed by atoms with van der Waals surface area (Å²) in [4.78, 5) is 16.5. The highest BCUT2D eigenvalue weighted by molar-refractivity contribution is 7.89. The van der Waals surface area contributed by atoms with E-state index in [-0.39, 0.29) is 16.8 Å². The van der Waals surface area contributed by atoms with E-state index < -0.39 is 21.1 Å². The minimum absolute atomic E-state index is 0.123. The minimum Gasteiger partial charge on any atom is -0.350 e. The molecule has 0 aliphatic carbocycles. The predicted molar refractivity (Wildman–Crippen MR) is 121 cm³/mol. The summed E-state index contributed by atoms with van der Waals surface area (Å²) in [5, 5.41) is 5.87. The zero-order valence-corrected chi connectivity index (χ0v) is 19.7. The molecule has 162 valence electrons. The molecule has 0 radical (unpaired) electrons. The molecule has 0 spiro atoms. The standard InChI is InChI=1S/C22H29N3O3S2/c1-7-20(26)24-17-12-21(3,4)25(22(5,6)13-17)30(27,28)18-10-8-16(9-11-18)19-14-29-15(2)23-19/h7-11,14,17H,1,12-13H2,2-6H3,(H,24,26). The molecule has 30 heavy (non-hydrogen) atoms. The Morgan fingerprint density at radius 2 is 1.77 bits per heavy atom. The smallest absolute Gasteiger partial charge is 0.244 e. The molecule has 0 unspecified atom stereocenters. The lowest BCUT2D eigenvalue weighted by Gasteiger charge is -2.53. The quantitative estimate of drug-likeness (QED) is 0.699. The first-order valence-electron chi connectivity index (χ1n) is 9.88. The van der Waals surface area contributed by atoms with Crippen LogP contribution < -0.4 is 5.32 Å². The highest BCUT2D eigenvalue weighted by Gasteiger charge is 2.51. The third kappa shape index (κ3) is 4.36. The maximum Gasteiger partial charge on any atom is 0.244 e. The summed E-state index contributed by atoms with van der Waals surface area (Å²) in [6, 6.07) is 6.78. The molecular weight excluding hydrogens is 418 g/mol. The maximum atomic E-state index is 13.7. The Morgan fingerprint density at radius 3 is 2.23 bits per heavy atom. The monoisotopic (exact) mass is 447 g/mol. The van der Waals surface area contributed by atoms with E-state index in [9.17, 15) is 13.2 Å². The maximum absolute atomic E-state index is 13.7. The van der Waals surface area contributed by atoms with Crippen LogP contribution in [-0.2, 0) is 14.8 Å². The molecule has 1 aliphatic heterocycles. The van der Waals surface area contributed by atoms with Crippen molar-refractivity contribution in [1.29, 1.82) is 0 Å². The second-order valence-electron chi connectivity index (χ2n) is 8.99. The van der Waals surface area contributed by atoms with E-state index in [1.165, 1.54) is 6.08 Å². The number of rotatable bonds is 5. The number of aromatic nitrogens is 1. The zero-order chi connectivity index (χ0) is 22.3. The van der Waals surface area contributed by atoms with Crippen LogP contribution in [0.3, 0.4) is 0 Å². The molecule has 2 aromatic rings. The van der Waals surface area contributed by atoms with Gasteiger partial charge in [-0.2, -0.15) is 4.31 Å². The van der Waals surface area contributed by atoms with Crippen LogP contribution in [0.25, 0.3) is 11.3 Å². The average molecular weight is 448 g/mol. The molecule has 1 fully saturated rings. The molecule has 2 heterocycles. The van der Waals surface area contributed by atoms with Crippen LogP contribution in [0.5, 0.6) is 0 Å². The van der Waals surface area contributed by atoms with Gasteiger partial charge in [-0.15, -0.1) is 11.3 Å². The van der Waals surface area contributed by atoms with Crippen molar-refractivity contribution < 1.29 is 13.2 Å². The molecule has 0 saturated carbocycles. The average Bonchev–Trinajstić information content (AvgIpc) is 3.05. The Balaban J connectivity index is 1.92. The Bertz CT molecular complexity index is 1040. The summed E-state index contributed by atoms with van der Waals surface area (Å²) >= 11 is 1.56. The molecule has 3 rings (SSSR count). The number of carbonyl (C=O) groups is 1. The molecule has 1 aliphatic rings. The molecule has 1 saturated heterocycles. The van der Waals surface area contributed by atoms with Crippen molar-refractivity contribution >= 4 is 27.3 Å². The summed E-state index contributed by atoms with van der Waals surface area (Å²) in [5.41, 5.74) is 0.387. The fourth-order valence-corrected chi connectivity index (χ4v) is 7.44. The van der Waals surface area contributed by atoms with Crippen molar-refractivity contribution in [3.63, 3.8) is 0 Å². The number of thiazole rings is 1. The largest absolute Gasteiger partial charge is 0.350 e. The van der Waals surface area contributed by atoms with Crippen LogP contribution in [0, 0.1) is 6.92 Å². The Kier molecular flexibility index (Phi) is 5.97. The number of hydrogen-bond donors (Lipinski definition) is 1. The van der Waals surface area contributed by atoms with Gasteiger partial charge in [-0.3, -0.25) is 4.79 Å². The van der Waals surface area contributed by atoms with Gasteiger partial charge >= 0.3 is 0 Å². The van der Waals surface area contributed by atoms with Crippen LogP contribution >= 0.6 is 11.3 Å². The number of aryl methyl sites for hydroxylation is 1. The van der Waals surface area contributed by atoms with Crippen molar-refractivity contribution in [2.75, 3.05) is 0 Å². The molecule has 1 amide bonds. The fraction of sp³-hybridized carbons (Fsp3) is 0.455. The summed E-state index contributed by atoms with van der Waals surface area (Å²) in [5.74, 6) is -0.240. The van der Waals surface area contributed by atoms with Gasteiger partial charge in [0.05, 0.1) is 15.6 Å². The third-order valence-corrected chi connectivity index (χ3v) is 8.54. The molecular formula is C22H29N3O3S2. The lowest BCUT2D eigenvalue weighted by atomic mass is 9.79. The van der Waals surface area contributed by atoms with E-state index in [1.54, 1.807) is 39.9 Å². The summed E-state index contributed by atoms with van der Waals surface area (Å²) in [6.07, 6.45) is 2.28. The van der Waals surface area contributed by atoms with Crippen molar-refractivity contribution in [2.24, 2.45) is 0 Å². The number of piperidine rings is 1. The molecule has 1 N–H and O–H groups in total. The first-order chi connectivity index (χ1) is 13.9. The van der Waals surface area contributed by atoms with Crippen LogP contribution in [-0.4, -0.2) is 40.7 Å². The number of benzene rings is 1. The summed E-state index contributed by atoms with van der Waals surface area (Å²) in [7, 11) is -3.75. The van der Waals surface area contributed by atoms with Gasteiger partial charge in [0.1, 0.15) is 0 Å². The zero-order valence-electron chi connectivity index (χ0n) is 18.1. The topological polar surface area (TPSA) is 79.4 Å². The molecule has 1 aromatic carbocycles. The first kappa shape index (κ1) is 22.7. The Morgan fingerprint density at radius 1 is 1.20 bits per heavy atom. The minimum atomic E-state index is -3.75. The number of hydrogen-bond acceptors (Lipinski definition) is 5. The molecule has 6 nitrogen and oxygen atoms in total. The highest BCUT2D eigenvalue weighted by atomic mass is 32.2. The third-order valence-electron chi connectivity index (χ3n) is 5.43. The Labute approximate surface area is 183 Å². The summed E-state index contributed by atoms with van der Waals surface area (Å²) < 4.78 is 28.9. The normalized spacial score (nSPS) is 19.4. The molecule has 8 heteroatoms. The summed E-state index contributed by atoms with van der Waals surface area (Å²) in [6.45, 7) is 13.1. The first-order valence-corrected chi connectivity index (χ1v) is 12.2. The van der Waals surface area contributed by atoms with Gasteiger partial charge in [0.2, 0.25) is 15.9 Å². The number of nitrogens with zero attached hydrogens (tertiary/aromatic N) is 2. The van der Waals surface area contributed by atoms with E-state index in [0.717, 1.165) is 16.3 Å². The lowest BCUT2D eigenvalue weighted by molar-refractivity contribution is -0.118. The van der Waals surface area contributed by atoms with Crippen LogP contribution in [0.4, 0.5) is 0 Å². The number of carbonyl (C=O) groups excluding carboxylic acids is 1. The van der Waals surface area contributed by atoms with Crippen molar-refractivity contribution in [2.45, 2.75) is 69.5 Å². The van der Waals surface area contributed by atoms with Gasteiger partial charge in [0.25, 0.3) is 0 Å². The van der Waals surface area contributed by atoms with Gasteiger partial charge in [0.15, 0.2) is 0 Å². The molecule has 0 atom stereocenters. The van der Waals surface area contributed by atoms with Crippen molar-refractivity contribution in [3.05, 3.63) is 47.3 Å². The van der Waals surface area contributed by atoms with Gasteiger partial charge in [0, 0.05) is 28.1 Å². The number of amides is 1. The van der Waals surface area contributed by atoms with E-state index in [1.807, 2.05) is 40.0 Å². The number of nitrogens with one attached hydrogen (secondary N) is 1. The van der Waals surface area contributed by atoms with Crippen molar-refractivity contribution in [3.8, 4) is 11.3 Å². The van der Waals surface area contributed by atoms with Crippen LogP contribution in [0.2, 0.25) is 0 Å². The van der Waals surface area contributed by atoms with E-state index >= 15 is 0 Å². The van der Waals surface area contributed by atoms with Gasteiger partial charge < -0.3 is 5.32 Å². The number of sulfonamides is 1. The lowest BCUT2D eigenvalue weighted by Crippen LogP contribution is -2.65. The van der Waals surface area contributed by atoms with E-state index in [4.69, 9.17) is 0 Å².